The number of rotatable bonds is 11. The van der Waals surface area contributed by atoms with Crippen molar-refractivity contribution >= 4 is 41.2 Å². The first-order valence-electron chi connectivity index (χ1n) is 19.2. The third-order valence-electron chi connectivity index (χ3n) is 10.1. The Balaban J connectivity index is 1.32. The quantitative estimate of drug-likeness (QED) is 0.196. The van der Waals surface area contributed by atoms with E-state index in [4.69, 9.17) is 21.1 Å². The zero-order chi connectivity index (χ0) is 40.9. The highest BCUT2D eigenvalue weighted by molar-refractivity contribution is 6.33. The summed E-state index contributed by atoms with van der Waals surface area (Å²) in [5, 5.41) is 14.9. The van der Waals surface area contributed by atoms with Gasteiger partial charge in [0.25, 0.3) is 5.91 Å². The van der Waals surface area contributed by atoms with E-state index >= 15 is 4.79 Å². The molecule has 1 aromatic carbocycles. The Morgan fingerprint density at radius 3 is 2.49 bits per heavy atom. The molecule has 1 aliphatic heterocycles. The molecule has 3 aromatic rings. The Morgan fingerprint density at radius 2 is 1.88 bits per heavy atom. The predicted octanol–water partition coefficient (Wildman–Crippen LogP) is 8.01. The largest absolute Gasteiger partial charge is 0.447 e. The molecule has 0 bridgehead atoms. The van der Waals surface area contributed by atoms with Crippen LogP contribution in [0.5, 0.6) is 0 Å². The van der Waals surface area contributed by atoms with E-state index in [2.05, 4.69) is 30.8 Å². The first kappa shape index (κ1) is 40.1. The van der Waals surface area contributed by atoms with Crippen LogP contribution in [0.4, 0.5) is 18.4 Å². The molecule has 3 atom stereocenters. The van der Waals surface area contributed by atoms with Crippen molar-refractivity contribution in [3.05, 3.63) is 71.3 Å². The van der Waals surface area contributed by atoms with Crippen LogP contribution < -0.4 is 10.6 Å². The van der Waals surface area contributed by atoms with Crippen LogP contribution in [0.2, 0.25) is 5.02 Å². The van der Waals surface area contributed by atoms with Gasteiger partial charge in [-0.15, -0.1) is 4.99 Å². The normalized spacial score (nSPS) is 22.5. The molecule has 3 fully saturated rings. The molecular weight excluding hydrogens is 760 g/mol. The highest BCUT2D eigenvalue weighted by Gasteiger charge is 2.57. The van der Waals surface area contributed by atoms with Gasteiger partial charge >= 0.3 is 18.7 Å². The summed E-state index contributed by atoms with van der Waals surface area (Å²) in [6, 6.07) is 4.45. The second-order valence-electron chi connectivity index (χ2n) is 17.3. The molecule has 14 nitrogen and oxygen atoms in total. The highest BCUT2D eigenvalue weighted by atomic mass is 35.5. The van der Waals surface area contributed by atoms with E-state index < -0.39 is 53.2 Å². The lowest BCUT2D eigenvalue weighted by molar-refractivity contribution is -0.136. The molecule has 3 aliphatic carbocycles. The summed E-state index contributed by atoms with van der Waals surface area (Å²) in [5.74, 6) is -0.427. The molecule has 2 aromatic heterocycles. The minimum absolute atomic E-state index is 0.0198. The summed E-state index contributed by atoms with van der Waals surface area (Å²) in [6.07, 6.45) is 12.3. The van der Waals surface area contributed by atoms with Crippen LogP contribution in [0.25, 0.3) is 17.0 Å². The smallest absolute Gasteiger partial charge is 0.437 e. The molecule has 57 heavy (non-hydrogen) atoms. The van der Waals surface area contributed by atoms with Gasteiger partial charge in [-0.3, -0.25) is 9.69 Å². The number of aliphatic imine (C=N–C) groups is 1. The molecule has 4 aliphatic rings. The van der Waals surface area contributed by atoms with Crippen molar-refractivity contribution < 1.29 is 32.6 Å². The van der Waals surface area contributed by atoms with E-state index in [0.29, 0.717) is 44.2 Å². The van der Waals surface area contributed by atoms with Crippen LogP contribution in [-0.2, 0) is 14.3 Å². The van der Waals surface area contributed by atoms with Gasteiger partial charge in [0.2, 0.25) is 5.96 Å². The van der Waals surface area contributed by atoms with E-state index in [1.54, 1.807) is 45.0 Å². The average molecular weight is 808 g/mol. The van der Waals surface area contributed by atoms with E-state index in [1.165, 1.54) is 23.6 Å². The SMILES string of the molecule is CC(C)(C)C[C@]1(C2C=CC(c3cnn(C(F)F)c3)=CC2)N/C(=N\C(=O)OC(C)(C)C)N([C@H](COC(=O)NC2CC2)c2ccc(Cl)c(-c3ncnn3C3CC3)c2)C1=O. The molecule has 3 heterocycles. The number of nitrogens with zero attached hydrogens (tertiary/aromatic N) is 7. The molecule has 1 unspecified atom stereocenters. The molecule has 2 N–H and O–H groups in total. The maximum atomic E-state index is 15.6. The molecular formula is C40H48ClF2N9O5. The van der Waals surface area contributed by atoms with Crippen molar-refractivity contribution in [2.24, 2.45) is 16.3 Å². The molecule has 7 rings (SSSR count). The van der Waals surface area contributed by atoms with E-state index in [1.807, 2.05) is 37.6 Å². The molecule has 3 amide bonds. The first-order valence-corrected chi connectivity index (χ1v) is 19.6. The Kier molecular flexibility index (Phi) is 10.8. The van der Waals surface area contributed by atoms with Gasteiger partial charge in [0, 0.05) is 29.3 Å². The number of nitrogens with one attached hydrogen (secondary N) is 2. The number of amides is 3. The lowest BCUT2D eigenvalue weighted by Gasteiger charge is -2.39. The van der Waals surface area contributed by atoms with Gasteiger partial charge in [0.15, 0.2) is 5.82 Å². The summed E-state index contributed by atoms with van der Waals surface area (Å²) < 4.78 is 40.6. The Labute approximate surface area is 334 Å². The van der Waals surface area contributed by atoms with Gasteiger partial charge in [-0.2, -0.15) is 19.0 Å². The summed E-state index contributed by atoms with van der Waals surface area (Å²) in [4.78, 5) is 52.4. The monoisotopic (exact) mass is 807 g/mol. The molecule has 0 spiro atoms. The fraction of sp³-hybridized carbons (Fsp3) is 0.525. The highest BCUT2D eigenvalue weighted by Crippen LogP contribution is 2.45. The number of hydrogen-bond donors (Lipinski definition) is 2. The number of alkyl carbamates (subject to hydrolysis) is 1. The van der Waals surface area contributed by atoms with Crippen LogP contribution in [-0.4, -0.2) is 77.3 Å². The van der Waals surface area contributed by atoms with E-state index in [0.717, 1.165) is 25.7 Å². The summed E-state index contributed by atoms with van der Waals surface area (Å²) in [5.41, 5.74) is -0.422. The van der Waals surface area contributed by atoms with Gasteiger partial charge in [-0.25, -0.2) is 23.9 Å². The van der Waals surface area contributed by atoms with Crippen molar-refractivity contribution in [1.29, 1.82) is 0 Å². The number of carbonyl (C=O) groups excluding carboxylic acids is 3. The summed E-state index contributed by atoms with van der Waals surface area (Å²) >= 11 is 6.81. The van der Waals surface area contributed by atoms with Crippen LogP contribution in [0.1, 0.15) is 110 Å². The number of guanidine groups is 1. The van der Waals surface area contributed by atoms with Crippen molar-refractivity contribution in [2.75, 3.05) is 6.61 Å². The average Bonchev–Trinajstić information content (AvgIpc) is 4.01. The van der Waals surface area contributed by atoms with Gasteiger partial charge in [0.1, 0.15) is 24.1 Å². The minimum Gasteiger partial charge on any atom is -0.447 e. The number of aromatic nitrogens is 5. The van der Waals surface area contributed by atoms with Gasteiger partial charge in [-0.1, -0.05) is 56.7 Å². The molecule has 2 saturated carbocycles. The molecule has 1 saturated heterocycles. The fourth-order valence-corrected chi connectivity index (χ4v) is 7.56. The Hall–Kier alpha value is -5.12. The van der Waals surface area contributed by atoms with Gasteiger partial charge < -0.3 is 20.1 Å². The standard InChI is InChI=1S/C40H48ClF2N9O5/c1-38(2,3)21-40(26-10-7-23(8-11-26)25-18-45-50(19-25)34(42)43)33(53)51(35(49-40)48-37(55)57-39(4,5)6)31(20-56-36(54)47-27-12-13-27)24-9-16-30(41)29(17-24)32-44-22-46-52(32)28-14-15-28/h7-10,16-19,22,26-28,31,34H,11-15,20-21H2,1-6H3,(H,47,54)(H,48,49,55)/t26?,31-,40-/m1/s1. The maximum absolute atomic E-state index is 15.6. The number of allylic oxidation sites excluding steroid dienone is 3. The zero-order valence-corrected chi connectivity index (χ0v) is 33.6. The van der Waals surface area contributed by atoms with E-state index in [9.17, 15) is 18.4 Å². The maximum Gasteiger partial charge on any atom is 0.437 e. The number of alkyl halides is 2. The lowest BCUT2D eigenvalue weighted by Crippen LogP contribution is -2.55. The molecule has 0 radical (unpaired) electrons. The van der Waals surface area contributed by atoms with Crippen molar-refractivity contribution in [3.63, 3.8) is 0 Å². The second kappa shape index (κ2) is 15.3. The van der Waals surface area contributed by atoms with Crippen LogP contribution >= 0.6 is 11.6 Å². The number of ether oxygens (including phenoxy) is 2. The van der Waals surface area contributed by atoms with Crippen molar-refractivity contribution in [3.8, 4) is 11.4 Å². The van der Waals surface area contributed by atoms with Crippen LogP contribution in [0, 0.1) is 11.3 Å². The number of carbonyl (C=O) groups is 3. The zero-order valence-electron chi connectivity index (χ0n) is 32.8. The van der Waals surface area contributed by atoms with Gasteiger partial charge in [0.05, 0.1) is 23.3 Å². The summed E-state index contributed by atoms with van der Waals surface area (Å²) in [7, 11) is 0. The first-order chi connectivity index (χ1) is 26.9. The second-order valence-corrected chi connectivity index (χ2v) is 17.7. The van der Waals surface area contributed by atoms with E-state index in [-0.39, 0.29) is 31.1 Å². The summed E-state index contributed by atoms with van der Waals surface area (Å²) in [6.45, 7) is 8.08. The van der Waals surface area contributed by atoms with Crippen LogP contribution in [0.15, 0.2) is 60.1 Å². The topological polar surface area (TPSA) is 158 Å². The number of halogens is 3. The number of benzene rings is 1. The van der Waals surface area contributed by atoms with Crippen molar-refractivity contribution in [1.82, 2.24) is 40.1 Å². The predicted molar refractivity (Wildman–Crippen MR) is 208 cm³/mol. The third-order valence-corrected chi connectivity index (χ3v) is 10.4. The Bertz CT molecular complexity index is 2130. The lowest BCUT2D eigenvalue weighted by atomic mass is 9.70. The fourth-order valence-electron chi connectivity index (χ4n) is 7.36. The minimum atomic E-state index is -2.78. The van der Waals surface area contributed by atoms with Gasteiger partial charge in [-0.05, 0) is 88.0 Å². The number of hydrogen-bond acceptors (Lipinski definition) is 8. The van der Waals surface area contributed by atoms with Crippen molar-refractivity contribution in [2.45, 2.75) is 116 Å². The Morgan fingerprint density at radius 1 is 1.12 bits per heavy atom. The molecule has 304 valence electrons. The molecule has 17 heteroatoms. The third kappa shape index (κ3) is 9.05. The van der Waals surface area contributed by atoms with Crippen LogP contribution in [0.3, 0.4) is 0 Å².